The number of imidazole rings is 1. The van der Waals surface area contributed by atoms with Crippen molar-refractivity contribution in [1.82, 2.24) is 24.7 Å². The highest BCUT2D eigenvalue weighted by Crippen LogP contribution is 2.40. The Kier molecular flexibility index (Phi) is 9.77. The molecule has 0 bridgehead atoms. The second-order valence-corrected chi connectivity index (χ2v) is 12.2. The number of aryl methyl sites for hydroxylation is 1. The van der Waals surface area contributed by atoms with E-state index >= 15 is 0 Å². The average molecular weight is 651 g/mol. The van der Waals surface area contributed by atoms with E-state index in [2.05, 4.69) is 51.3 Å². The number of carbonyl (C=O) groups is 3. The number of methoxy groups -OCH3 is 2. The highest BCUT2D eigenvalue weighted by atomic mass is 16.5. The van der Waals surface area contributed by atoms with Gasteiger partial charge in [0.2, 0.25) is 0 Å². The molecule has 0 saturated carbocycles. The van der Waals surface area contributed by atoms with E-state index in [-0.39, 0.29) is 23.8 Å². The number of ether oxygens (including phenoxy) is 2. The van der Waals surface area contributed by atoms with Gasteiger partial charge < -0.3 is 24.3 Å². The number of imide groups is 1. The van der Waals surface area contributed by atoms with Gasteiger partial charge in [-0.05, 0) is 55.2 Å². The molecular weight excluding hydrogens is 608 g/mol. The molecule has 2 aliphatic rings. The zero-order chi connectivity index (χ0) is 33.8. The largest absolute Gasteiger partial charge is 0.493 e. The van der Waals surface area contributed by atoms with Crippen molar-refractivity contribution in [3.63, 3.8) is 0 Å². The first-order valence-electron chi connectivity index (χ1n) is 16.3. The molecule has 4 aromatic rings. The van der Waals surface area contributed by atoms with Crippen LogP contribution in [-0.4, -0.2) is 84.0 Å². The first-order chi connectivity index (χ1) is 23.3. The van der Waals surface area contributed by atoms with Crippen LogP contribution in [0.1, 0.15) is 74.2 Å². The van der Waals surface area contributed by atoms with E-state index in [4.69, 9.17) is 9.47 Å². The zero-order valence-electron chi connectivity index (χ0n) is 27.9. The van der Waals surface area contributed by atoms with Crippen LogP contribution >= 0.6 is 0 Å². The topological polar surface area (TPSA) is 109 Å². The molecule has 48 heavy (non-hydrogen) atoms. The van der Waals surface area contributed by atoms with E-state index < -0.39 is 6.04 Å². The molecule has 3 aromatic carbocycles. The molecule has 0 radical (unpaired) electrons. The third-order valence-electron chi connectivity index (χ3n) is 9.39. The summed E-state index contributed by atoms with van der Waals surface area (Å²) < 4.78 is 12.7. The van der Waals surface area contributed by atoms with Crippen LogP contribution < -0.4 is 19.7 Å². The van der Waals surface area contributed by atoms with E-state index in [0.29, 0.717) is 47.7 Å². The summed E-state index contributed by atoms with van der Waals surface area (Å²) in [6.45, 7) is 5.73. The maximum Gasteiger partial charge on any atom is 0.271 e. The first kappa shape index (κ1) is 32.8. The van der Waals surface area contributed by atoms with Gasteiger partial charge in [0.15, 0.2) is 11.5 Å². The number of amides is 3. The van der Waals surface area contributed by atoms with Crippen LogP contribution in [0.15, 0.2) is 79.3 Å². The van der Waals surface area contributed by atoms with Crippen LogP contribution in [0.3, 0.4) is 0 Å². The fourth-order valence-corrected chi connectivity index (χ4v) is 6.75. The minimum atomic E-state index is -0.597. The number of fused-ring (bicyclic) bond motifs is 1. The molecule has 1 aromatic heterocycles. The van der Waals surface area contributed by atoms with Crippen molar-refractivity contribution in [1.29, 1.82) is 0 Å². The van der Waals surface area contributed by atoms with Gasteiger partial charge in [0.05, 0.1) is 43.4 Å². The molecule has 0 aliphatic carbocycles. The monoisotopic (exact) mass is 650 g/mol. The molecule has 3 heterocycles. The predicted molar refractivity (Wildman–Crippen MR) is 183 cm³/mol. The summed E-state index contributed by atoms with van der Waals surface area (Å²) in [6, 6.07) is 21.2. The van der Waals surface area contributed by atoms with Gasteiger partial charge in [-0.1, -0.05) is 42.5 Å². The molecule has 6 rings (SSSR count). The number of anilines is 1. The molecule has 0 unspecified atom stereocenters. The lowest BCUT2D eigenvalue weighted by atomic mass is 9.99. The van der Waals surface area contributed by atoms with Gasteiger partial charge in [0.1, 0.15) is 5.69 Å². The zero-order valence-corrected chi connectivity index (χ0v) is 27.9. The van der Waals surface area contributed by atoms with Crippen molar-refractivity contribution in [2.45, 2.75) is 31.8 Å². The second-order valence-electron chi connectivity index (χ2n) is 12.2. The second kappa shape index (κ2) is 14.3. The molecular formula is C37H42N6O5. The summed E-state index contributed by atoms with van der Waals surface area (Å²) >= 11 is 0. The summed E-state index contributed by atoms with van der Waals surface area (Å²) in [4.78, 5) is 51.3. The maximum absolute atomic E-state index is 14.4. The Hall–Kier alpha value is -5.16. The number of hydrogen-bond acceptors (Lipinski definition) is 8. The van der Waals surface area contributed by atoms with Crippen LogP contribution in [-0.2, 0) is 7.05 Å². The number of benzene rings is 3. The molecule has 11 heteroatoms. The molecule has 0 spiro atoms. The minimum Gasteiger partial charge on any atom is -0.493 e. The number of nitrogens with one attached hydrogen (secondary N) is 1. The summed E-state index contributed by atoms with van der Waals surface area (Å²) in [5.41, 5.74) is 3.99. The highest BCUT2D eigenvalue weighted by molar-refractivity contribution is 6.24. The van der Waals surface area contributed by atoms with E-state index in [9.17, 15) is 14.4 Å². The van der Waals surface area contributed by atoms with Crippen LogP contribution in [0.2, 0.25) is 0 Å². The van der Waals surface area contributed by atoms with Gasteiger partial charge in [0, 0.05) is 52.0 Å². The SMILES string of the molecule is COc1ccc([C@@H](CCCNC(=O)c2cn(C)cn2)N2C(=O)c3cccc(N4CCN([C@H](C)c5ccccc5)CC4)c3C2=O)cc1OC. The van der Waals surface area contributed by atoms with Crippen molar-refractivity contribution in [3.05, 3.63) is 107 Å². The van der Waals surface area contributed by atoms with Gasteiger partial charge in [-0.25, -0.2) is 4.98 Å². The van der Waals surface area contributed by atoms with Crippen LogP contribution in [0, 0.1) is 0 Å². The third kappa shape index (κ3) is 6.50. The molecule has 3 amide bonds. The van der Waals surface area contributed by atoms with E-state index in [0.717, 1.165) is 37.4 Å². The Labute approximate surface area is 281 Å². The van der Waals surface area contributed by atoms with Crippen molar-refractivity contribution < 1.29 is 23.9 Å². The molecule has 250 valence electrons. The lowest BCUT2D eigenvalue weighted by Gasteiger charge is -2.39. The third-order valence-corrected chi connectivity index (χ3v) is 9.39. The molecule has 1 saturated heterocycles. The number of piperazine rings is 1. The molecule has 2 aliphatic heterocycles. The van der Waals surface area contributed by atoms with Crippen LogP contribution in [0.4, 0.5) is 5.69 Å². The Morgan fingerprint density at radius 3 is 2.33 bits per heavy atom. The molecule has 2 atom stereocenters. The number of carbonyl (C=O) groups excluding carboxylic acids is 3. The van der Waals surface area contributed by atoms with E-state index in [1.807, 2.05) is 30.3 Å². The number of nitrogens with zero attached hydrogens (tertiary/aromatic N) is 5. The predicted octanol–water partition coefficient (Wildman–Crippen LogP) is 4.87. The minimum absolute atomic E-state index is 0.276. The summed E-state index contributed by atoms with van der Waals surface area (Å²) in [5.74, 6) is 0.131. The Morgan fingerprint density at radius 1 is 0.896 bits per heavy atom. The number of rotatable bonds is 12. The Morgan fingerprint density at radius 2 is 1.65 bits per heavy atom. The summed E-state index contributed by atoms with van der Waals surface area (Å²) in [5, 5.41) is 2.91. The van der Waals surface area contributed by atoms with Crippen molar-refractivity contribution >= 4 is 23.4 Å². The van der Waals surface area contributed by atoms with Gasteiger partial charge in [0.25, 0.3) is 17.7 Å². The van der Waals surface area contributed by atoms with Gasteiger partial charge in [-0.15, -0.1) is 0 Å². The summed E-state index contributed by atoms with van der Waals surface area (Å²) in [7, 11) is 4.92. The standard InChI is InChI=1S/C37H42N6O5/c1-25(26-10-6-5-7-11-26)41-18-20-42(21-19-41)31-13-8-12-28-34(31)37(46)43(36(28)45)30(27-15-16-32(47-3)33(22-27)48-4)14-9-17-38-35(44)29-23-40(2)24-39-29/h5-8,10-13,15-16,22-25,30H,9,14,17-21H2,1-4H3,(H,38,44)/t25-,30-/m1/s1. The van der Waals surface area contributed by atoms with Crippen molar-refractivity contribution in [3.8, 4) is 11.5 Å². The fourth-order valence-electron chi connectivity index (χ4n) is 6.75. The van der Waals surface area contributed by atoms with E-state index in [1.165, 1.54) is 10.5 Å². The number of aromatic nitrogens is 2. The maximum atomic E-state index is 14.4. The normalized spacial score (nSPS) is 16.1. The van der Waals surface area contributed by atoms with Gasteiger partial charge in [-0.2, -0.15) is 0 Å². The molecule has 11 nitrogen and oxygen atoms in total. The quantitative estimate of drug-likeness (QED) is 0.171. The number of hydrogen-bond donors (Lipinski definition) is 1. The van der Waals surface area contributed by atoms with Crippen LogP contribution in [0.5, 0.6) is 11.5 Å². The lowest BCUT2D eigenvalue weighted by Crippen LogP contribution is -2.47. The fraction of sp³-hybridized carbons (Fsp3) is 0.351. The van der Waals surface area contributed by atoms with Gasteiger partial charge in [-0.3, -0.25) is 24.2 Å². The highest BCUT2D eigenvalue weighted by Gasteiger charge is 2.43. The van der Waals surface area contributed by atoms with Crippen molar-refractivity contribution in [2.24, 2.45) is 7.05 Å². The Balaban J connectivity index is 1.22. The van der Waals surface area contributed by atoms with E-state index in [1.54, 1.807) is 50.5 Å². The molecule has 1 fully saturated rings. The van der Waals surface area contributed by atoms with Crippen LogP contribution in [0.25, 0.3) is 0 Å². The summed E-state index contributed by atoms with van der Waals surface area (Å²) in [6.07, 6.45) is 4.17. The smallest absolute Gasteiger partial charge is 0.271 e. The molecule has 1 N–H and O–H groups in total. The lowest BCUT2D eigenvalue weighted by molar-refractivity contribution is 0.0570. The van der Waals surface area contributed by atoms with Crippen molar-refractivity contribution in [2.75, 3.05) is 51.8 Å². The Bertz CT molecular complexity index is 1780. The average Bonchev–Trinajstić information content (AvgIpc) is 3.68. The first-order valence-corrected chi connectivity index (χ1v) is 16.3. The van der Waals surface area contributed by atoms with Gasteiger partial charge >= 0.3 is 0 Å².